The molecule has 8 rings (SSSR count). The van der Waals surface area contributed by atoms with Crippen molar-refractivity contribution in [3.05, 3.63) is 109 Å². The molecule has 3 aromatic heterocycles. The first-order chi connectivity index (χ1) is 19.1. The molecule has 0 aliphatic carbocycles. The summed E-state index contributed by atoms with van der Waals surface area (Å²) in [6, 6.07) is 32.3. The molecular weight excluding hydrogens is 683 g/mol. The molecule has 40 heavy (non-hydrogen) atoms. The van der Waals surface area contributed by atoms with E-state index in [1.54, 1.807) is 0 Å². The molecule has 7 aromatic rings. The number of aromatic nitrogens is 2. The van der Waals surface area contributed by atoms with Gasteiger partial charge in [0.05, 0.1) is 6.08 Å². The predicted octanol–water partition coefficient (Wildman–Crippen LogP) is 8.00. The van der Waals surface area contributed by atoms with Crippen molar-refractivity contribution in [3.8, 4) is 11.6 Å². The normalized spacial score (nSPS) is 15.1. The van der Waals surface area contributed by atoms with Gasteiger partial charge in [-0.3, -0.25) is 4.68 Å². The molecule has 0 saturated heterocycles. The van der Waals surface area contributed by atoms with Gasteiger partial charge in [0.15, 0.2) is 0 Å². The van der Waals surface area contributed by atoms with Crippen LogP contribution < -0.4 is 4.74 Å². The SMILES string of the molecule is Cc1cc(OC2=CC(C)[N+](c3[c-]cc4oc5ccccc5c4c3)=N2)nn1-c1[c-]cc2oc3ccccc3c2c1.[Pt+2]. The number of furan rings is 2. The van der Waals surface area contributed by atoms with Gasteiger partial charge in [0.25, 0.3) is 5.88 Å². The van der Waals surface area contributed by atoms with E-state index in [9.17, 15) is 0 Å². The zero-order valence-electron chi connectivity index (χ0n) is 21.5. The average molecular weight is 705 g/mol. The number of rotatable bonds is 4. The molecule has 0 bridgehead atoms. The van der Waals surface area contributed by atoms with E-state index in [4.69, 9.17) is 23.8 Å². The summed E-state index contributed by atoms with van der Waals surface area (Å²) in [5.74, 6) is 0.945. The standard InChI is InChI=1S/C32H21N4O3.Pt/c1-19-15-31(33-35(19)21-11-13-29-25(17-21)23-7-3-5-9-27(23)37-29)39-32-16-20(2)36(34-32)22-12-14-30-26(18-22)24-8-4-6-10-28(24)38-30;/h3-10,13-19H,1-2H3;/q-1;+2. The third-order valence-electron chi connectivity index (χ3n) is 7.11. The first-order valence-corrected chi connectivity index (χ1v) is 12.7. The third kappa shape index (κ3) is 3.88. The molecule has 0 spiro atoms. The molecule has 1 unspecified atom stereocenters. The number of azo groups is 2. The Kier molecular flexibility index (Phi) is 5.72. The number of benzene rings is 4. The van der Waals surface area contributed by atoms with Crippen LogP contribution >= 0.6 is 0 Å². The van der Waals surface area contributed by atoms with E-state index >= 15 is 0 Å². The summed E-state index contributed by atoms with van der Waals surface area (Å²) in [6.45, 7) is 4.05. The van der Waals surface area contributed by atoms with Crippen molar-refractivity contribution in [1.29, 1.82) is 0 Å². The van der Waals surface area contributed by atoms with Crippen LogP contribution in [0.4, 0.5) is 5.69 Å². The van der Waals surface area contributed by atoms with Crippen LogP contribution in [0.1, 0.15) is 12.6 Å². The number of hydrogen-bond donors (Lipinski definition) is 0. The van der Waals surface area contributed by atoms with E-state index in [1.165, 1.54) is 0 Å². The molecule has 7 nitrogen and oxygen atoms in total. The monoisotopic (exact) mass is 704 g/mol. The van der Waals surface area contributed by atoms with E-state index < -0.39 is 0 Å². The summed E-state index contributed by atoms with van der Waals surface area (Å²) in [4.78, 5) is 0. The first-order valence-electron chi connectivity index (χ1n) is 12.7. The summed E-state index contributed by atoms with van der Waals surface area (Å²) >= 11 is 0. The van der Waals surface area contributed by atoms with Crippen LogP contribution in [-0.2, 0) is 21.1 Å². The molecule has 0 saturated carbocycles. The largest absolute Gasteiger partial charge is 2.00 e. The van der Waals surface area contributed by atoms with Gasteiger partial charge in [-0.1, -0.05) is 57.9 Å². The van der Waals surface area contributed by atoms with Crippen molar-refractivity contribution in [3.63, 3.8) is 0 Å². The van der Waals surface area contributed by atoms with Crippen molar-refractivity contribution in [2.24, 2.45) is 5.11 Å². The van der Waals surface area contributed by atoms with Crippen molar-refractivity contribution in [1.82, 2.24) is 9.78 Å². The summed E-state index contributed by atoms with van der Waals surface area (Å²) in [5, 5.41) is 13.6. The van der Waals surface area contributed by atoms with Crippen LogP contribution in [0, 0.1) is 19.1 Å². The molecule has 1 atom stereocenters. The zero-order chi connectivity index (χ0) is 26.1. The van der Waals surface area contributed by atoms with Gasteiger partial charge in [-0.15, -0.1) is 29.4 Å². The number of nitrogens with zero attached hydrogens (tertiary/aromatic N) is 4. The van der Waals surface area contributed by atoms with Crippen LogP contribution in [0.3, 0.4) is 0 Å². The molecule has 1 aliphatic heterocycles. The fourth-order valence-corrected chi connectivity index (χ4v) is 5.25. The van der Waals surface area contributed by atoms with Gasteiger partial charge in [0, 0.05) is 45.7 Å². The van der Waals surface area contributed by atoms with Crippen LogP contribution in [0.5, 0.6) is 5.88 Å². The maximum absolute atomic E-state index is 6.12. The second kappa shape index (κ2) is 9.32. The summed E-state index contributed by atoms with van der Waals surface area (Å²) in [7, 11) is 0. The molecule has 0 radical (unpaired) electrons. The van der Waals surface area contributed by atoms with Gasteiger partial charge in [-0.25, -0.2) is 0 Å². The Labute approximate surface area is 243 Å². The third-order valence-corrected chi connectivity index (χ3v) is 7.11. The number of para-hydroxylation sites is 2. The molecule has 0 amide bonds. The maximum atomic E-state index is 6.12. The Morgan fingerprint density at radius 3 is 2.20 bits per heavy atom. The summed E-state index contributed by atoms with van der Waals surface area (Å²) < 4.78 is 21.7. The molecular formula is C32H21N4O3Pt+. The Balaban J connectivity index is 0.00000264. The van der Waals surface area contributed by atoms with Crippen molar-refractivity contribution in [2.45, 2.75) is 19.9 Å². The average Bonchev–Trinajstić information content (AvgIpc) is 3.70. The predicted molar refractivity (Wildman–Crippen MR) is 147 cm³/mol. The van der Waals surface area contributed by atoms with E-state index in [0.29, 0.717) is 11.8 Å². The van der Waals surface area contributed by atoms with Crippen LogP contribution in [0.15, 0.2) is 105 Å². The van der Waals surface area contributed by atoms with Crippen LogP contribution in [-0.4, -0.2) is 20.5 Å². The molecule has 8 heteroatoms. The van der Waals surface area contributed by atoms with E-state index in [1.807, 2.05) is 83.0 Å². The number of fused-ring (bicyclic) bond motifs is 6. The first kappa shape index (κ1) is 24.6. The summed E-state index contributed by atoms with van der Waals surface area (Å²) in [6.07, 6.45) is 1.97. The van der Waals surface area contributed by atoms with Crippen molar-refractivity contribution in [2.75, 3.05) is 0 Å². The maximum Gasteiger partial charge on any atom is 2.00 e. The molecule has 0 fully saturated rings. The fourth-order valence-electron chi connectivity index (χ4n) is 5.25. The molecule has 1 aliphatic rings. The van der Waals surface area contributed by atoms with Gasteiger partial charge in [-0.2, -0.15) is 6.07 Å². The molecule has 0 N–H and O–H groups in total. The zero-order valence-corrected chi connectivity index (χ0v) is 23.8. The topological polar surface area (TPSA) is 68.7 Å². The molecule has 196 valence electrons. The molecule has 4 aromatic carbocycles. The van der Waals surface area contributed by atoms with Gasteiger partial charge in [0.2, 0.25) is 11.9 Å². The number of aryl methyl sites for hydroxylation is 1. The second-order valence-electron chi connectivity index (χ2n) is 9.72. The number of hydrogen-bond acceptors (Lipinski definition) is 5. The van der Waals surface area contributed by atoms with Crippen LogP contribution in [0.2, 0.25) is 0 Å². The smallest absolute Gasteiger partial charge is 0.516 e. The fraction of sp³-hybridized carbons (Fsp3) is 0.0938. The minimum absolute atomic E-state index is 0. The van der Waals surface area contributed by atoms with E-state index in [0.717, 1.165) is 60.9 Å². The second-order valence-corrected chi connectivity index (χ2v) is 9.72. The van der Waals surface area contributed by atoms with Gasteiger partial charge < -0.3 is 13.6 Å². The Bertz CT molecular complexity index is 2150. The quantitative estimate of drug-likeness (QED) is 0.138. The van der Waals surface area contributed by atoms with Gasteiger partial charge in [-0.05, 0) is 24.7 Å². The van der Waals surface area contributed by atoms with Gasteiger partial charge >= 0.3 is 21.1 Å². The Morgan fingerprint density at radius 2 is 1.48 bits per heavy atom. The van der Waals surface area contributed by atoms with E-state index in [2.05, 4.69) is 37.3 Å². The Hall–Kier alpha value is -4.48. The van der Waals surface area contributed by atoms with Crippen molar-refractivity contribution < 1.29 is 39.3 Å². The van der Waals surface area contributed by atoms with Gasteiger partial charge in [0.1, 0.15) is 16.9 Å². The Morgan fingerprint density at radius 1 is 0.825 bits per heavy atom. The van der Waals surface area contributed by atoms with Crippen molar-refractivity contribution >= 4 is 49.6 Å². The van der Waals surface area contributed by atoms with Crippen LogP contribution in [0.25, 0.3) is 49.6 Å². The minimum atomic E-state index is -0.0137. The number of ether oxygens (including phenoxy) is 1. The molecule has 4 heterocycles. The van der Waals surface area contributed by atoms with E-state index in [-0.39, 0.29) is 27.1 Å². The summed E-state index contributed by atoms with van der Waals surface area (Å²) in [5.41, 5.74) is 5.87. The minimum Gasteiger partial charge on any atom is -0.516 e.